The van der Waals surface area contributed by atoms with Crippen LogP contribution < -0.4 is 4.74 Å². The minimum absolute atomic E-state index is 0.354. The Morgan fingerprint density at radius 2 is 1.79 bits per heavy atom. The Kier molecular flexibility index (Phi) is 3.31. The molecule has 0 amide bonds. The van der Waals surface area contributed by atoms with Gasteiger partial charge in [-0.2, -0.15) is 0 Å². The van der Waals surface area contributed by atoms with E-state index in [4.69, 9.17) is 9.57 Å². The number of benzene rings is 2. The molecule has 2 aromatic carbocycles. The molecule has 0 unspecified atom stereocenters. The first kappa shape index (κ1) is 14.5. The third-order valence-corrected chi connectivity index (χ3v) is 4.08. The summed E-state index contributed by atoms with van der Waals surface area (Å²) in [5.74, 6) is 0.712. The van der Waals surface area contributed by atoms with Crippen molar-refractivity contribution in [2.24, 2.45) is 5.16 Å². The monoisotopic (exact) mass is 317 g/mol. The molecule has 0 saturated carbocycles. The summed E-state index contributed by atoms with van der Waals surface area (Å²) >= 11 is 0. The normalized spacial score (nSPS) is 19.2. The molecule has 0 aromatic heterocycles. The number of oxime groups is 1. The number of hydrogen-bond donors (Lipinski definition) is 0. The van der Waals surface area contributed by atoms with E-state index in [-0.39, 0.29) is 0 Å². The van der Waals surface area contributed by atoms with Crippen LogP contribution in [0.5, 0.6) is 5.75 Å². The molecule has 0 atom stereocenters. The molecule has 0 saturated heterocycles. The average Bonchev–Trinajstić information content (AvgIpc) is 2.97. The lowest BCUT2D eigenvalue weighted by atomic mass is 9.97. The standard InChI is InChI=1S/C20H15NO3/c1-12-8-9-15-13(2)11-17(23-16(15)10-12)18-19(21-24-20(18)22)14-6-4-3-5-7-14/h3-11H,1-2H3/b18-17-. The van der Waals surface area contributed by atoms with E-state index in [2.05, 4.69) is 5.16 Å². The molecular formula is C20H15NO3. The third-order valence-electron chi connectivity index (χ3n) is 4.08. The van der Waals surface area contributed by atoms with E-state index < -0.39 is 5.97 Å². The van der Waals surface area contributed by atoms with Gasteiger partial charge in [-0.25, -0.2) is 4.79 Å². The molecule has 4 rings (SSSR count). The highest BCUT2D eigenvalue weighted by Gasteiger charge is 2.32. The average molecular weight is 317 g/mol. The van der Waals surface area contributed by atoms with Crippen molar-refractivity contribution in [3.63, 3.8) is 0 Å². The second-order valence-electron chi connectivity index (χ2n) is 5.85. The van der Waals surface area contributed by atoms with Crippen molar-refractivity contribution in [3.8, 4) is 5.75 Å². The van der Waals surface area contributed by atoms with Crippen molar-refractivity contribution in [2.45, 2.75) is 13.8 Å². The number of fused-ring (bicyclic) bond motifs is 1. The number of aryl methyl sites for hydroxylation is 1. The van der Waals surface area contributed by atoms with Gasteiger partial charge >= 0.3 is 5.97 Å². The Morgan fingerprint density at radius 3 is 2.58 bits per heavy atom. The summed E-state index contributed by atoms with van der Waals surface area (Å²) in [7, 11) is 0. The van der Waals surface area contributed by atoms with E-state index in [0.29, 0.717) is 17.0 Å². The molecular weight excluding hydrogens is 302 g/mol. The van der Waals surface area contributed by atoms with Crippen molar-refractivity contribution in [3.05, 3.63) is 82.6 Å². The summed E-state index contributed by atoms with van der Waals surface area (Å²) in [5, 5.41) is 3.94. The molecule has 0 radical (unpaired) electrons. The van der Waals surface area contributed by atoms with E-state index in [1.165, 1.54) is 0 Å². The summed E-state index contributed by atoms with van der Waals surface area (Å²) in [6, 6.07) is 15.5. The smallest absolute Gasteiger partial charge is 0.371 e. The van der Waals surface area contributed by atoms with Crippen molar-refractivity contribution in [2.75, 3.05) is 0 Å². The summed E-state index contributed by atoms with van der Waals surface area (Å²) < 4.78 is 6.01. The van der Waals surface area contributed by atoms with Gasteiger partial charge in [-0.05, 0) is 37.1 Å². The van der Waals surface area contributed by atoms with E-state index in [1.54, 1.807) is 0 Å². The van der Waals surface area contributed by atoms with Crippen molar-refractivity contribution in [1.29, 1.82) is 0 Å². The Morgan fingerprint density at radius 1 is 1.00 bits per heavy atom. The van der Waals surface area contributed by atoms with Crippen LogP contribution >= 0.6 is 0 Å². The van der Waals surface area contributed by atoms with Crippen LogP contribution in [-0.2, 0) is 9.63 Å². The number of ether oxygens (including phenoxy) is 1. The number of allylic oxidation sites excluding steroid dienone is 2. The predicted molar refractivity (Wildman–Crippen MR) is 91.6 cm³/mol. The van der Waals surface area contributed by atoms with Gasteiger partial charge in [-0.15, -0.1) is 0 Å². The molecule has 2 aliphatic heterocycles. The maximum Gasteiger partial charge on any atom is 0.371 e. The van der Waals surface area contributed by atoms with Crippen LogP contribution in [0.25, 0.3) is 5.57 Å². The molecule has 4 nitrogen and oxygen atoms in total. The Hall–Kier alpha value is -3.14. The van der Waals surface area contributed by atoms with Crippen molar-refractivity contribution < 1.29 is 14.4 Å². The molecule has 4 heteroatoms. The van der Waals surface area contributed by atoms with Gasteiger partial charge in [0.2, 0.25) is 0 Å². The van der Waals surface area contributed by atoms with Crippen LogP contribution in [-0.4, -0.2) is 11.7 Å². The van der Waals surface area contributed by atoms with Crippen LogP contribution in [0.15, 0.2) is 71.1 Å². The lowest BCUT2D eigenvalue weighted by Crippen LogP contribution is -2.15. The molecule has 0 aliphatic carbocycles. The number of nitrogens with zero attached hydrogens (tertiary/aromatic N) is 1. The molecule has 0 fully saturated rings. The number of carbonyl (C=O) groups is 1. The largest absolute Gasteiger partial charge is 0.456 e. The van der Waals surface area contributed by atoms with E-state index >= 15 is 0 Å². The first-order valence-corrected chi connectivity index (χ1v) is 7.70. The zero-order chi connectivity index (χ0) is 16.7. The fraction of sp³-hybridized carbons (Fsp3) is 0.100. The SMILES string of the molecule is CC1=C/C(=C2/C(=O)ON=C2c2ccccc2)Oc2cc(C)ccc21. The zero-order valence-corrected chi connectivity index (χ0v) is 13.4. The first-order chi connectivity index (χ1) is 11.6. The summed E-state index contributed by atoms with van der Waals surface area (Å²) in [4.78, 5) is 17.2. The Labute approximate surface area is 139 Å². The van der Waals surface area contributed by atoms with Crippen LogP contribution in [0, 0.1) is 6.92 Å². The van der Waals surface area contributed by atoms with Gasteiger partial charge in [0.15, 0.2) is 0 Å². The fourth-order valence-corrected chi connectivity index (χ4v) is 2.87. The molecule has 0 N–H and O–H groups in total. The minimum atomic E-state index is -0.496. The van der Waals surface area contributed by atoms with Crippen LogP contribution in [0.1, 0.15) is 23.6 Å². The second kappa shape index (κ2) is 5.49. The molecule has 0 spiro atoms. The first-order valence-electron chi connectivity index (χ1n) is 7.70. The number of rotatable bonds is 1. The van der Waals surface area contributed by atoms with Gasteiger partial charge < -0.3 is 9.57 Å². The van der Waals surface area contributed by atoms with Gasteiger partial charge in [0.25, 0.3) is 0 Å². The van der Waals surface area contributed by atoms with Crippen molar-refractivity contribution in [1.82, 2.24) is 0 Å². The molecule has 0 bridgehead atoms. The quantitative estimate of drug-likeness (QED) is 0.590. The highest BCUT2D eigenvalue weighted by atomic mass is 16.7. The lowest BCUT2D eigenvalue weighted by molar-refractivity contribution is -0.137. The Balaban J connectivity index is 1.85. The third kappa shape index (κ3) is 2.33. The topological polar surface area (TPSA) is 47.9 Å². The van der Waals surface area contributed by atoms with Gasteiger partial charge in [-0.3, -0.25) is 0 Å². The van der Waals surface area contributed by atoms with Crippen LogP contribution in [0.3, 0.4) is 0 Å². The van der Waals surface area contributed by atoms with Gasteiger partial charge in [0.05, 0.1) is 0 Å². The van der Waals surface area contributed by atoms with E-state index in [9.17, 15) is 4.79 Å². The van der Waals surface area contributed by atoms with E-state index in [0.717, 1.165) is 28.0 Å². The molecule has 118 valence electrons. The zero-order valence-electron chi connectivity index (χ0n) is 13.4. The van der Waals surface area contributed by atoms with Crippen molar-refractivity contribution >= 4 is 17.3 Å². The summed E-state index contributed by atoms with van der Waals surface area (Å²) in [6.07, 6.45) is 1.86. The van der Waals surface area contributed by atoms with Crippen LogP contribution in [0.2, 0.25) is 0 Å². The molecule has 24 heavy (non-hydrogen) atoms. The molecule has 2 heterocycles. The minimum Gasteiger partial charge on any atom is -0.456 e. The second-order valence-corrected chi connectivity index (χ2v) is 5.85. The van der Waals surface area contributed by atoms with Gasteiger partial charge in [0.1, 0.15) is 22.8 Å². The predicted octanol–water partition coefficient (Wildman–Crippen LogP) is 4.01. The fourth-order valence-electron chi connectivity index (χ4n) is 2.87. The number of carbonyl (C=O) groups excluding carboxylic acids is 1. The lowest BCUT2D eigenvalue weighted by Gasteiger charge is -2.20. The Bertz CT molecular complexity index is 937. The van der Waals surface area contributed by atoms with Gasteiger partial charge in [-0.1, -0.05) is 47.6 Å². The number of hydrogen-bond acceptors (Lipinski definition) is 4. The summed E-state index contributed by atoms with van der Waals surface area (Å²) in [5.41, 5.74) is 4.82. The van der Waals surface area contributed by atoms with Crippen LogP contribution in [0.4, 0.5) is 0 Å². The molecule has 2 aliphatic rings. The van der Waals surface area contributed by atoms with E-state index in [1.807, 2.05) is 68.5 Å². The highest BCUT2D eigenvalue weighted by Crippen LogP contribution is 2.36. The maximum absolute atomic E-state index is 12.2. The molecule has 2 aromatic rings. The summed E-state index contributed by atoms with van der Waals surface area (Å²) in [6.45, 7) is 4.00. The highest BCUT2D eigenvalue weighted by molar-refractivity contribution is 6.29. The van der Waals surface area contributed by atoms with Gasteiger partial charge in [0, 0.05) is 11.1 Å². The maximum atomic E-state index is 12.2.